The number of nitrogens with zero attached hydrogens (tertiary/aromatic N) is 1. The average Bonchev–Trinajstić information content (AvgIpc) is 3.02. The predicted molar refractivity (Wildman–Crippen MR) is 113 cm³/mol. The van der Waals surface area contributed by atoms with Gasteiger partial charge in [0.1, 0.15) is 5.92 Å². The summed E-state index contributed by atoms with van der Waals surface area (Å²) in [5, 5.41) is 10.3. The van der Waals surface area contributed by atoms with Crippen molar-refractivity contribution in [3.8, 4) is 11.5 Å². The minimum atomic E-state index is -0.804. The van der Waals surface area contributed by atoms with Crippen LogP contribution in [0.1, 0.15) is 41.3 Å². The molecule has 1 N–H and O–H groups in total. The van der Waals surface area contributed by atoms with Crippen LogP contribution in [0.15, 0.2) is 47.0 Å². The van der Waals surface area contributed by atoms with Crippen LogP contribution in [-0.2, 0) is 9.53 Å². The van der Waals surface area contributed by atoms with Gasteiger partial charge in [0.15, 0.2) is 17.3 Å². The molecule has 2 unspecified atom stereocenters. The van der Waals surface area contributed by atoms with Crippen molar-refractivity contribution in [1.29, 1.82) is 0 Å². The van der Waals surface area contributed by atoms with E-state index < -0.39 is 17.8 Å². The second-order valence-electron chi connectivity index (χ2n) is 7.15. The zero-order chi connectivity index (χ0) is 21.6. The standard InChI is InChI=1S/C23H20ClNO5/c1-4-30-16-10-12(9-15(24)22(16)27)18-17(23(28)29-3)11(2)25-20-13-7-5-6-8-14(13)21(26)19(18)20/h5-10,17-18,27H,4H2,1-3H3. The molecule has 0 spiro atoms. The van der Waals surface area contributed by atoms with Crippen LogP contribution in [0.5, 0.6) is 11.5 Å². The zero-order valence-electron chi connectivity index (χ0n) is 16.7. The number of halogens is 1. The molecule has 0 bridgehead atoms. The number of hydrogen-bond donors (Lipinski definition) is 1. The number of aromatic hydroxyl groups is 1. The van der Waals surface area contributed by atoms with Gasteiger partial charge >= 0.3 is 5.97 Å². The predicted octanol–water partition coefficient (Wildman–Crippen LogP) is 4.40. The second-order valence-corrected chi connectivity index (χ2v) is 7.56. The highest BCUT2D eigenvalue weighted by molar-refractivity contribution is 6.32. The number of Topliss-reactive ketones (excluding diaryl/α,β-unsaturated/α-hetero) is 1. The van der Waals surface area contributed by atoms with Crippen molar-refractivity contribution >= 4 is 34.8 Å². The molecule has 2 aromatic rings. The molecule has 1 aliphatic carbocycles. The highest BCUT2D eigenvalue weighted by atomic mass is 35.5. The number of esters is 1. The lowest BCUT2D eigenvalue weighted by Crippen LogP contribution is -2.34. The molecule has 154 valence electrons. The first-order chi connectivity index (χ1) is 14.4. The lowest BCUT2D eigenvalue weighted by atomic mass is 9.75. The molecule has 2 aliphatic rings. The van der Waals surface area contributed by atoms with Crippen LogP contribution < -0.4 is 4.74 Å². The lowest BCUT2D eigenvalue weighted by Gasteiger charge is -2.30. The van der Waals surface area contributed by atoms with Crippen molar-refractivity contribution in [2.24, 2.45) is 10.9 Å². The third kappa shape index (κ3) is 2.99. The molecular weight excluding hydrogens is 406 g/mol. The maximum atomic E-state index is 13.3. The zero-order valence-corrected chi connectivity index (χ0v) is 17.5. The number of carbonyl (C=O) groups is 2. The molecule has 0 saturated carbocycles. The van der Waals surface area contributed by atoms with Crippen LogP contribution in [0.25, 0.3) is 5.70 Å². The molecule has 6 nitrogen and oxygen atoms in total. The third-order valence-electron chi connectivity index (χ3n) is 5.47. The van der Waals surface area contributed by atoms with Gasteiger partial charge in [-0.2, -0.15) is 0 Å². The number of phenolic OH excluding ortho intramolecular Hbond substituents is 1. The summed E-state index contributed by atoms with van der Waals surface area (Å²) >= 11 is 6.26. The molecule has 0 aromatic heterocycles. The molecule has 1 heterocycles. The highest BCUT2D eigenvalue weighted by Gasteiger charge is 2.46. The monoisotopic (exact) mass is 425 g/mol. The fourth-order valence-electron chi connectivity index (χ4n) is 4.18. The number of benzene rings is 2. The first-order valence-corrected chi connectivity index (χ1v) is 9.93. The van der Waals surface area contributed by atoms with Crippen LogP contribution in [0.4, 0.5) is 0 Å². The van der Waals surface area contributed by atoms with Crippen molar-refractivity contribution < 1.29 is 24.2 Å². The SMILES string of the molecule is CCOc1cc(C2C3=C(N=C(C)C2C(=O)OC)c2ccccc2C3=O)cc(Cl)c1O. The summed E-state index contributed by atoms with van der Waals surface area (Å²) in [6.45, 7) is 3.85. The molecule has 2 atom stereocenters. The quantitative estimate of drug-likeness (QED) is 0.734. The Morgan fingerprint density at radius 2 is 1.93 bits per heavy atom. The van der Waals surface area contributed by atoms with E-state index >= 15 is 0 Å². The van der Waals surface area contributed by atoms with Crippen molar-refractivity contribution in [1.82, 2.24) is 0 Å². The van der Waals surface area contributed by atoms with Gasteiger partial charge in [-0.25, -0.2) is 0 Å². The van der Waals surface area contributed by atoms with Crippen molar-refractivity contribution in [2.45, 2.75) is 19.8 Å². The number of carbonyl (C=O) groups excluding carboxylic acids is 2. The molecule has 0 saturated heterocycles. The Morgan fingerprint density at radius 1 is 1.23 bits per heavy atom. The normalized spacial score (nSPS) is 19.9. The van der Waals surface area contributed by atoms with E-state index in [1.54, 1.807) is 38.1 Å². The van der Waals surface area contributed by atoms with E-state index in [2.05, 4.69) is 4.99 Å². The van der Waals surface area contributed by atoms with Crippen molar-refractivity contribution in [2.75, 3.05) is 13.7 Å². The average molecular weight is 426 g/mol. The Balaban J connectivity index is 1.97. The van der Waals surface area contributed by atoms with Gasteiger partial charge in [0, 0.05) is 28.3 Å². The first-order valence-electron chi connectivity index (χ1n) is 9.55. The molecule has 2 aromatic carbocycles. The summed E-state index contributed by atoms with van der Waals surface area (Å²) in [5.41, 5.74) is 3.36. The fraction of sp³-hybridized carbons (Fsp3) is 0.261. The second kappa shape index (κ2) is 7.61. The van der Waals surface area contributed by atoms with Crippen molar-refractivity contribution in [3.63, 3.8) is 0 Å². The van der Waals surface area contributed by atoms with E-state index in [1.807, 2.05) is 12.1 Å². The molecule has 0 radical (unpaired) electrons. The first kappa shape index (κ1) is 20.2. The smallest absolute Gasteiger partial charge is 0.315 e. The summed E-state index contributed by atoms with van der Waals surface area (Å²) in [6.07, 6.45) is 0. The largest absolute Gasteiger partial charge is 0.503 e. The van der Waals surface area contributed by atoms with Crippen LogP contribution in [0, 0.1) is 5.92 Å². The fourth-order valence-corrected chi connectivity index (χ4v) is 4.40. The topological polar surface area (TPSA) is 85.2 Å². The molecule has 0 fully saturated rings. The van der Waals surface area contributed by atoms with Crippen LogP contribution in [0.2, 0.25) is 5.02 Å². The minimum absolute atomic E-state index is 0.0739. The molecule has 7 heteroatoms. The maximum absolute atomic E-state index is 13.3. The number of phenols is 1. The van der Waals surface area contributed by atoms with Gasteiger partial charge in [0.25, 0.3) is 0 Å². The van der Waals surface area contributed by atoms with Gasteiger partial charge in [-0.3, -0.25) is 14.6 Å². The summed E-state index contributed by atoms with van der Waals surface area (Å²) < 4.78 is 10.6. The number of allylic oxidation sites excluding steroid dienone is 1. The van der Waals surface area contributed by atoms with Gasteiger partial charge in [-0.05, 0) is 31.5 Å². The third-order valence-corrected chi connectivity index (χ3v) is 5.76. The van der Waals surface area contributed by atoms with Crippen LogP contribution in [0.3, 0.4) is 0 Å². The Kier molecular flexibility index (Phi) is 5.12. The molecule has 4 rings (SSSR count). The summed E-state index contributed by atoms with van der Waals surface area (Å²) in [5.74, 6) is -2.16. The van der Waals surface area contributed by atoms with E-state index in [0.717, 1.165) is 5.56 Å². The van der Waals surface area contributed by atoms with Gasteiger partial charge < -0.3 is 14.6 Å². The summed E-state index contributed by atoms with van der Waals surface area (Å²) in [4.78, 5) is 30.7. The van der Waals surface area contributed by atoms with E-state index in [0.29, 0.717) is 34.7 Å². The Labute approximate surface area is 178 Å². The number of ether oxygens (including phenoxy) is 2. The van der Waals surface area contributed by atoms with Gasteiger partial charge in [0.05, 0.1) is 24.4 Å². The maximum Gasteiger partial charge on any atom is 0.315 e. The number of ketones is 1. The Bertz CT molecular complexity index is 1130. The number of methoxy groups -OCH3 is 1. The summed E-state index contributed by atoms with van der Waals surface area (Å²) in [6, 6.07) is 10.4. The van der Waals surface area contributed by atoms with E-state index in [9.17, 15) is 14.7 Å². The van der Waals surface area contributed by atoms with E-state index in [-0.39, 0.29) is 22.3 Å². The van der Waals surface area contributed by atoms with E-state index in [1.165, 1.54) is 7.11 Å². The highest BCUT2D eigenvalue weighted by Crippen LogP contribution is 2.50. The molecule has 0 amide bonds. The molecular formula is C23H20ClNO5. The lowest BCUT2D eigenvalue weighted by molar-refractivity contribution is -0.143. The number of hydrogen-bond acceptors (Lipinski definition) is 6. The molecule has 30 heavy (non-hydrogen) atoms. The van der Waals surface area contributed by atoms with Gasteiger partial charge in [-0.15, -0.1) is 0 Å². The van der Waals surface area contributed by atoms with Crippen LogP contribution in [-0.4, -0.2) is 36.3 Å². The number of rotatable bonds is 4. The van der Waals surface area contributed by atoms with Gasteiger partial charge in [-0.1, -0.05) is 35.9 Å². The van der Waals surface area contributed by atoms with Crippen LogP contribution >= 0.6 is 11.6 Å². The molecule has 1 aliphatic heterocycles. The Hall–Kier alpha value is -3.12. The summed E-state index contributed by atoms with van der Waals surface area (Å²) in [7, 11) is 1.30. The minimum Gasteiger partial charge on any atom is -0.503 e. The Morgan fingerprint density at radius 3 is 2.60 bits per heavy atom. The number of aliphatic imine (C=N–C) groups is 1. The van der Waals surface area contributed by atoms with Crippen molar-refractivity contribution in [3.05, 3.63) is 63.7 Å². The number of fused-ring (bicyclic) bond motifs is 2. The van der Waals surface area contributed by atoms with E-state index in [4.69, 9.17) is 21.1 Å². The van der Waals surface area contributed by atoms with Gasteiger partial charge in [0.2, 0.25) is 0 Å².